The van der Waals surface area contributed by atoms with Gasteiger partial charge in [-0.15, -0.1) is 0 Å². The number of halogens is 1. The summed E-state index contributed by atoms with van der Waals surface area (Å²) in [4.78, 5) is 19.9. The van der Waals surface area contributed by atoms with Crippen molar-refractivity contribution in [3.63, 3.8) is 0 Å². The van der Waals surface area contributed by atoms with Gasteiger partial charge in [0.2, 0.25) is 5.91 Å². The van der Waals surface area contributed by atoms with Crippen LogP contribution in [0.5, 0.6) is 0 Å². The van der Waals surface area contributed by atoms with Crippen LogP contribution >= 0.6 is 11.6 Å². The Kier molecular flexibility index (Phi) is 5.58. The summed E-state index contributed by atoms with van der Waals surface area (Å²) in [7, 11) is 0. The summed E-state index contributed by atoms with van der Waals surface area (Å²) in [5.41, 5.74) is 2.18. The number of aromatic nitrogens is 2. The number of carbonyl (C=O) groups excluding carboxylic acids is 1. The van der Waals surface area contributed by atoms with Gasteiger partial charge in [0.25, 0.3) is 0 Å². The second-order valence-electron chi connectivity index (χ2n) is 9.84. The van der Waals surface area contributed by atoms with Gasteiger partial charge in [-0.1, -0.05) is 48.0 Å². The maximum absolute atomic E-state index is 13.3. The molecule has 3 heterocycles. The molecule has 5 rings (SSSR count). The Labute approximate surface area is 200 Å². The van der Waals surface area contributed by atoms with Gasteiger partial charge in [-0.3, -0.25) is 4.79 Å². The third-order valence-corrected chi connectivity index (χ3v) is 7.79. The molecule has 172 valence electrons. The first-order chi connectivity index (χ1) is 15.8. The van der Waals surface area contributed by atoms with Crippen LogP contribution < -0.4 is 0 Å². The molecule has 1 unspecified atom stereocenters. The van der Waals surface area contributed by atoms with E-state index in [0.29, 0.717) is 31.0 Å². The smallest absolute Gasteiger partial charge is 0.222 e. The molecule has 3 aromatic rings. The molecule has 0 radical (unpaired) electrons. The zero-order chi connectivity index (χ0) is 23.2. The van der Waals surface area contributed by atoms with Crippen LogP contribution in [0.15, 0.2) is 60.9 Å². The number of rotatable bonds is 5. The molecular formula is C27H30ClN3O2. The molecule has 1 N–H and O–H groups in total. The van der Waals surface area contributed by atoms with E-state index in [4.69, 9.17) is 11.6 Å². The zero-order valence-electron chi connectivity index (χ0n) is 19.2. The van der Waals surface area contributed by atoms with Crippen molar-refractivity contribution >= 4 is 17.5 Å². The quantitative estimate of drug-likeness (QED) is 0.572. The molecule has 1 atom stereocenters. The fraction of sp³-hybridized carbons (Fsp3) is 0.407. The largest absolute Gasteiger partial charge is 0.390 e. The van der Waals surface area contributed by atoms with Gasteiger partial charge in [0.05, 0.1) is 11.1 Å². The number of carbonyl (C=O) groups is 1. The molecule has 33 heavy (non-hydrogen) atoms. The van der Waals surface area contributed by atoms with Gasteiger partial charge in [0.15, 0.2) is 0 Å². The van der Waals surface area contributed by atoms with Crippen molar-refractivity contribution in [2.45, 2.75) is 50.7 Å². The molecule has 1 aromatic heterocycles. The number of imidazole rings is 1. The summed E-state index contributed by atoms with van der Waals surface area (Å²) in [6, 6.07) is 16.3. The summed E-state index contributed by atoms with van der Waals surface area (Å²) in [5, 5.41) is 11.0. The Balaban J connectivity index is 1.45. The molecule has 2 aliphatic rings. The Morgan fingerprint density at radius 1 is 1.15 bits per heavy atom. The topological polar surface area (TPSA) is 58.4 Å². The number of hydrogen-bond acceptors (Lipinski definition) is 3. The highest BCUT2D eigenvalue weighted by Gasteiger charge is 2.45. The molecule has 0 spiro atoms. The van der Waals surface area contributed by atoms with Gasteiger partial charge in [-0.05, 0) is 62.3 Å². The fourth-order valence-corrected chi connectivity index (χ4v) is 5.81. The lowest BCUT2D eigenvalue weighted by Gasteiger charge is -2.38. The van der Waals surface area contributed by atoms with E-state index in [1.54, 1.807) is 0 Å². The molecule has 1 saturated heterocycles. The van der Waals surface area contributed by atoms with Crippen LogP contribution in [-0.2, 0) is 10.3 Å². The highest BCUT2D eigenvalue weighted by Crippen LogP contribution is 2.49. The predicted octanol–water partition coefficient (Wildman–Crippen LogP) is 5.10. The first-order valence-electron chi connectivity index (χ1n) is 11.7. The Morgan fingerprint density at radius 3 is 2.55 bits per heavy atom. The standard InChI is InChI=1S/C27H30ClN3O2/c1-26(2,33)19-12-16-30(17-13-19)24(32)11-14-27(20-7-9-21(28)10-8-20)23-6-4-3-5-22(23)25-29-15-18-31(25)27/h3-10,15,18-19,33H,11-14,16-17H2,1-2H3. The van der Waals surface area contributed by atoms with Gasteiger partial charge < -0.3 is 14.6 Å². The summed E-state index contributed by atoms with van der Waals surface area (Å²) < 4.78 is 2.22. The lowest BCUT2D eigenvalue weighted by atomic mass is 9.79. The molecule has 5 nitrogen and oxygen atoms in total. The summed E-state index contributed by atoms with van der Waals surface area (Å²) in [6.07, 6.45) is 6.60. The van der Waals surface area contributed by atoms with Crippen molar-refractivity contribution in [2.24, 2.45) is 5.92 Å². The fourth-order valence-electron chi connectivity index (χ4n) is 5.68. The van der Waals surface area contributed by atoms with Gasteiger partial charge in [-0.25, -0.2) is 4.98 Å². The molecule has 2 aromatic carbocycles. The van der Waals surface area contributed by atoms with Crippen LogP contribution in [0.2, 0.25) is 5.02 Å². The molecule has 1 amide bonds. The van der Waals surface area contributed by atoms with Crippen molar-refractivity contribution < 1.29 is 9.90 Å². The predicted molar refractivity (Wildman–Crippen MR) is 130 cm³/mol. The first-order valence-corrected chi connectivity index (χ1v) is 12.1. The lowest BCUT2D eigenvalue weighted by Crippen LogP contribution is -2.44. The molecule has 0 aliphatic carbocycles. The van der Waals surface area contributed by atoms with Crippen LogP contribution in [-0.4, -0.2) is 44.2 Å². The van der Waals surface area contributed by atoms with Crippen LogP contribution in [0.25, 0.3) is 11.4 Å². The van der Waals surface area contributed by atoms with Gasteiger partial charge in [0.1, 0.15) is 5.82 Å². The summed E-state index contributed by atoms with van der Waals surface area (Å²) in [6.45, 7) is 5.14. The van der Waals surface area contributed by atoms with Crippen molar-refractivity contribution in [1.82, 2.24) is 14.5 Å². The van der Waals surface area contributed by atoms with Gasteiger partial charge in [0, 0.05) is 42.5 Å². The zero-order valence-corrected chi connectivity index (χ0v) is 19.9. The molecular weight excluding hydrogens is 434 g/mol. The van der Waals surface area contributed by atoms with E-state index in [0.717, 1.165) is 29.8 Å². The van der Waals surface area contributed by atoms with Gasteiger partial charge >= 0.3 is 0 Å². The summed E-state index contributed by atoms with van der Waals surface area (Å²) in [5.74, 6) is 1.33. The van der Waals surface area contributed by atoms with Gasteiger partial charge in [-0.2, -0.15) is 0 Å². The number of nitrogens with zero attached hydrogens (tertiary/aromatic N) is 3. The van der Waals surface area contributed by atoms with Crippen LogP contribution in [0.3, 0.4) is 0 Å². The normalized spacial score (nSPS) is 20.5. The Morgan fingerprint density at radius 2 is 1.85 bits per heavy atom. The number of hydrogen-bond donors (Lipinski definition) is 1. The Bertz CT molecular complexity index is 1160. The highest BCUT2D eigenvalue weighted by atomic mass is 35.5. The molecule has 0 saturated carbocycles. The van der Waals surface area contributed by atoms with Crippen molar-refractivity contribution in [3.05, 3.63) is 77.1 Å². The number of piperidine rings is 1. The third kappa shape index (κ3) is 3.77. The van der Waals surface area contributed by atoms with Crippen LogP contribution in [0.4, 0.5) is 0 Å². The minimum atomic E-state index is -0.695. The maximum atomic E-state index is 13.3. The third-order valence-electron chi connectivity index (χ3n) is 7.53. The van der Waals surface area contributed by atoms with E-state index >= 15 is 0 Å². The minimum Gasteiger partial charge on any atom is -0.390 e. The molecule has 2 aliphatic heterocycles. The lowest BCUT2D eigenvalue weighted by molar-refractivity contribution is -0.134. The second-order valence-corrected chi connectivity index (χ2v) is 10.3. The average Bonchev–Trinajstić information content (AvgIpc) is 3.39. The number of benzene rings is 2. The molecule has 6 heteroatoms. The number of fused-ring (bicyclic) bond motifs is 3. The first kappa shape index (κ1) is 22.2. The highest BCUT2D eigenvalue weighted by molar-refractivity contribution is 6.30. The van der Waals surface area contributed by atoms with E-state index in [1.165, 1.54) is 5.56 Å². The second kappa shape index (κ2) is 8.30. The van der Waals surface area contributed by atoms with Crippen molar-refractivity contribution in [1.29, 1.82) is 0 Å². The van der Waals surface area contributed by atoms with Crippen LogP contribution in [0.1, 0.15) is 50.7 Å². The van der Waals surface area contributed by atoms with Crippen molar-refractivity contribution in [2.75, 3.05) is 13.1 Å². The summed E-state index contributed by atoms with van der Waals surface area (Å²) >= 11 is 6.22. The van der Waals surface area contributed by atoms with E-state index in [2.05, 4.69) is 39.9 Å². The van der Waals surface area contributed by atoms with E-state index in [1.807, 2.05) is 49.3 Å². The van der Waals surface area contributed by atoms with E-state index in [-0.39, 0.29) is 11.8 Å². The number of likely N-dealkylation sites (tertiary alicyclic amines) is 1. The number of amides is 1. The SMILES string of the molecule is CC(C)(O)C1CCN(C(=O)CCC2(c3ccc(Cl)cc3)c3ccccc3-c3nccn32)CC1. The van der Waals surface area contributed by atoms with Crippen LogP contribution in [0, 0.1) is 5.92 Å². The van der Waals surface area contributed by atoms with E-state index < -0.39 is 11.1 Å². The average molecular weight is 464 g/mol. The number of aliphatic hydroxyl groups is 1. The monoisotopic (exact) mass is 463 g/mol. The maximum Gasteiger partial charge on any atom is 0.222 e. The van der Waals surface area contributed by atoms with Crippen molar-refractivity contribution in [3.8, 4) is 11.4 Å². The van der Waals surface area contributed by atoms with E-state index in [9.17, 15) is 9.90 Å². The minimum absolute atomic E-state index is 0.170. The Hall–Kier alpha value is -2.63. The molecule has 0 bridgehead atoms. The molecule has 1 fully saturated rings.